The Labute approximate surface area is 122 Å². The van der Waals surface area contributed by atoms with Crippen molar-refractivity contribution in [3.05, 3.63) is 32.9 Å². The zero-order valence-electron chi connectivity index (χ0n) is 11.5. The molecule has 3 N–H and O–H groups in total. The third kappa shape index (κ3) is 5.19. The summed E-state index contributed by atoms with van der Waals surface area (Å²) < 4.78 is 17.9. The second-order valence-corrected chi connectivity index (χ2v) is 3.99. The largest absolute Gasteiger partial charge is 0.468 e. The average molecular weight is 316 g/mol. The van der Waals surface area contributed by atoms with Gasteiger partial charge in [0.1, 0.15) is 13.1 Å². The van der Waals surface area contributed by atoms with E-state index in [1.807, 2.05) is 0 Å². The Balaban J connectivity index is 2.49. The normalized spacial score (nSPS) is 9.91. The molecule has 0 atom stereocenters. The van der Waals surface area contributed by atoms with E-state index in [0.29, 0.717) is 10.8 Å². The van der Waals surface area contributed by atoms with Crippen LogP contribution in [0.3, 0.4) is 0 Å². The van der Waals surface area contributed by atoms with Gasteiger partial charge in [0.15, 0.2) is 0 Å². The molecule has 0 saturated heterocycles. The molecule has 0 bridgehead atoms. The van der Waals surface area contributed by atoms with Gasteiger partial charge in [-0.3, -0.25) is 28.7 Å². The lowest BCUT2D eigenvalue weighted by Gasteiger charge is -2.07. The molecule has 22 heavy (non-hydrogen) atoms. The van der Waals surface area contributed by atoms with Gasteiger partial charge in [-0.1, -0.05) is 0 Å². The third-order valence-corrected chi connectivity index (χ3v) is 2.39. The van der Waals surface area contributed by atoms with E-state index in [1.165, 1.54) is 0 Å². The molecule has 0 unspecified atom stereocenters. The number of carbonyl (C=O) groups excluding carboxylic acids is 3. The third-order valence-electron chi connectivity index (χ3n) is 2.39. The number of nitrogens with one attached hydrogen (secondary N) is 3. The number of hydrogen-bond donors (Lipinski definition) is 3. The van der Waals surface area contributed by atoms with Crippen LogP contribution in [0.15, 0.2) is 15.8 Å². The van der Waals surface area contributed by atoms with E-state index in [0.717, 1.165) is 7.11 Å². The molecule has 1 rings (SSSR count). The van der Waals surface area contributed by atoms with Gasteiger partial charge in [-0.15, -0.1) is 0 Å². The van der Waals surface area contributed by atoms with Crippen LogP contribution in [0.4, 0.5) is 4.39 Å². The lowest BCUT2D eigenvalue weighted by molar-refractivity contribution is -0.141. The van der Waals surface area contributed by atoms with Gasteiger partial charge in [0.2, 0.25) is 17.6 Å². The molecule has 10 nitrogen and oxygen atoms in total. The summed E-state index contributed by atoms with van der Waals surface area (Å²) in [4.78, 5) is 57.3. The lowest BCUT2D eigenvalue weighted by atomic mass is 10.5. The summed E-state index contributed by atoms with van der Waals surface area (Å²) in [6.07, 6.45) is 0.581. The van der Waals surface area contributed by atoms with Crippen LogP contribution in [0, 0.1) is 5.82 Å². The molecule has 120 valence electrons. The van der Waals surface area contributed by atoms with E-state index in [9.17, 15) is 28.4 Å². The molecule has 1 aromatic heterocycles. The highest BCUT2D eigenvalue weighted by atomic mass is 19.1. The van der Waals surface area contributed by atoms with Gasteiger partial charge < -0.3 is 15.4 Å². The Morgan fingerprint density at radius 2 is 1.86 bits per heavy atom. The molecule has 2 amide bonds. The van der Waals surface area contributed by atoms with Gasteiger partial charge in [0.25, 0.3) is 5.56 Å². The van der Waals surface area contributed by atoms with E-state index in [1.54, 1.807) is 4.98 Å². The summed E-state index contributed by atoms with van der Waals surface area (Å²) in [5, 5.41) is 4.33. The molecular weight excluding hydrogens is 303 g/mol. The molecule has 0 spiro atoms. The van der Waals surface area contributed by atoms with E-state index < -0.39 is 47.9 Å². The summed E-state index contributed by atoms with van der Waals surface area (Å²) in [7, 11) is 1.15. The first-order chi connectivity index (χ1) is 10.3. The van der Waals surface area contributed by atoms with Crippen LogP contribution in [0.1, 0.15) is 0 Å². The highest BCUT2D eigenvalue weighted by molar-refractivity contribution is 5.86. The minimum absolute atomic E-state index is 0.351. The number of nitrogens with zero attached hydrogens (tertiary/aromatic N) is 1. The number of hydrogen-bond acceptors (Lipinski definition) is 6. The molecule has 0 aliphatic carbocycles. The summed E-state index contributed by atoms with van der Waals surface area (Å²) >= 11 is 0. The molecule has 11 heteroatoms. The van der Waals surface area contributed by atoms with Crippen LogP contribution >= 0.6 is 0 Å². The van der Waals surface area contributed by atoms with Crippen molar-refractivity contribution in [2.45, 2.75) is 6.54 Å². The van der Waals surface area contributed by atoms with Crippen molar-refractivity contribution in [3.63, 3.8) is 0 Å². The Hall–Kier alpha value is -2.98. The van der Waals surface area contributed by atoms with E-state index in [2.05, 4.69) is 15.4 Å². The Bertz CT molecular complexity index is 695. The first-order valence-electron chi connectivity index (χ1n) is 5.93. The quantitative estimate of drug-likeness (QED) is 0.480. The molecule has 0 saturated carbocycles. The summed E-state index contributed by atoms with van der Waals surface area (Å²) in [5.41, 5.74) is -2.15. The van der Waals surface area contributed by atoms with Crippen molar-refractivity contribution in [1.82, 2.24) is 20.2 Å². The monoisotopic (exact) mass is 316 g/mol. The number of halogens is 1. The fourth-order valence-electron chi connectivity index (χ4n) is 1.30. The minimum Gasteiger partial charge on any atom is -0.468 e. The number of esters is 1. The van der Waals surface area contributed by atoms with Crippen molar-refractivity contribution in [1.29, 1.82) is 0 Å². The topological polar surface area (TPSA) is 139 Å². The molecule has 0 aliphatic rings. The highest BCUT2D eigenvalue weighted by Gasteiger charge is 2.10. The Morgan fingerprint density at radius 1 is 1.23 bits per heavy atom. The summed E-state index contributed by atoms with van der Waals surface area (Å²) in [6.45, 7) is -1.39. The van der Waals surface area contributed by atoms with Gasteiger partial charge in [-0.2, -0.15) is 4.39 Å². The molecule has 1 heterocycles. The van der Waals surface area contributed by atoms with Crippen molar-refractivity contribution < 1.29 is 23.5 Å². The summed E-state index contributed by atoms with van der Waals surface area (Å²) in [6, 6.07) is 0. The van der Waals surface area contributed by atoms with Crippen LogP contribution in [0.2, 0.25) is 0 Å². The number of carbonyl (C=O) groups is 3. The summed E-state index contributed by atoms with van der Waals surface area (Å²) in [5.74, 6) is -3.29. The number of rotatable bonds is 6. The van der Waals surface area contributed by atoms with E-state index in [-0.39, 0.29) is 6.54 Å². The molecule has 0 radical (unpaired) electrons. The number of ether oxygens (including phenoxy) is 1. The van der Waals surface area contributed by atoms with Crippen molar-refractivity contribution in [2.24, 2.45) is 0 Å². The molecule has 0 aliphatic heterocycles. The van der Waals surface area contributed by atoms with Crippen molar-refractivity contribution >= 4 is 17.8 Å². The van der Waals surface area contributed by atoms with Crippen LogP contribution < -0.4 is 21.9 Å². The zero-order valence-corrected chi connectivity index (χ0v) is 11.5. The van der Waals surface area contributed by atoms with E-state index in [4.69, 9.17) is 0 Å². The van der Waals surface area contributed by atoms with Gasteiger partial charge in [0, 0.05) is 0 Å². The maximum Gasteiger partial charge on any atom is 0.328 e. The van der Waals surface area contributed by atoms with Crippen molar-refractivity contribution in [3.8, 4) is 0 Å². The average Bonchev–Trinajstić information content (AvgIpc) is 2.48. The van der Waals surface area contributed by atoms with Crippen LogP contribution in [-0.2, 0) is 25.7 Å². The van der Waals surface area contributed by atoms with Crippen LogP contribution in [0.5, 0.6) is 0 Å². The zero-order chi connectivity index (χ0) is 16.7. The Kier molecular flexibility index (Phi) is 5.98. The van der Waals surface area contributed by atoms with Gasteiger partial charge in [-0.05, 0) is 0 Å². The standard InChI is InChI=1S/C11H13FN4O6/c1-22-9(19)3-14-7(17)2-13-8(18)5-16-4-6(12)10(20)15-11(16)21/h4H,2-3,5H2,1H3,(H,13,18)(H,14,17)(H,15,20,21). The molecule has 0 fully saturated rings. The number of aromatic amines is 1. The first-order valence-corrected chi connectivity index (χ1v) is 5.93. The number of aromatic nitrogens is 2. The fourth-order valence-corrected chi connectivity index (χ4v) is 1.30. The fraction of sp³-hybridized carbons (Fsp3) is 0.364. The predicted octanol–water partition coefficient (Wildman–Crippen LogP) is -2.92. The van der Waals surface area contributed by atoms with Gasteiger partial charge in [-0.25, -0.2) is 4.79 Å². The van der Waals surface area contributed by atoms with Gasteiger partial charge in [0.05, 0.1) is 19.9 Å². The van der Waals surface area contributed by atoms with E-state index >= 15 is 0 Å². The van der Waals surface area contributed by atoms with Crippen molar-refractivity contribution in [2.75, 3.05) is 20.2 Å². The minimum atomic E-state index is -1.22. The maximum atomic E-state index is 13.0. The number of amides is 2. The predicted molar refractivity (Wildman–Crippen MR) is 69.3 cm³/mol. The number of H-pyrrole nitrogens is 1. The maximum absolute atomic E-state index is 13.0. The second-order valence-electron chi connectivity index (χ2n) is 3.99. The molecule has 1 aromatic rings. The molecular formula is C11H13FN4O6. The number of methoxy groups -OCH3 is 1. The smallest absolute Gasteiger partial charge is 0.328 e. The van der Waals surface area contributed by atoms with Crippen LogP contribution in [0.25, 0.3) is 0 Å². The highest BCUT2D eigenvalue weighted by Crippen LogP contribution is 1.84. The van der Waals surface area contributed by atoms with Gasteiger partial charge >= 0.3 is 11.7 Å². The first kappa shape index (κ1) is 17.1. The SMILES string of the molecule is COC(=O)CNC(=O)CNC(=O)Cn1cc(F)c(=O)[nH]c1=O. The molecule has 0 aromatic carbocycles. The lowest BCUT2D eigenvalue weighted by Crippen LogP contribution is -2.42. The van der Waals surface area contributed by atoms with Crippen LogP contribution in [-0.4, -0.2) is 47.5 Å². The second kappa shape index (κ2) is 7.71. The Morgan fingerprint density at radius 3 is 2.50 bits per heavy atom.